The summed E-state index contributed by atoms with van der Waals surface area (Å²) in [7, 11) is 0. The fourth-order valence-corrected chi connectivity index (χ4v) is 2.22. The Hall–Kier alpha value is -1.09. The zero-order chi connectivity index (χ0) is 13.7. The summed E-state index contributed by atoms with van der Waals surface area (Å²) in [6.45, 7) is 1.40. The van der Waals surface area contributed by atoms with Gasteiger partial charge in [-0.3, -0.25) is 0 Å². The summed E-state index contributed by atoms with van der Waals surface area (Å²) >= 11 is 12.0. The first kappa shape index (κ1) is 14.3. The summed E-state index contributed by atoms with van der Waals surface area (Å²) in [4.78, 5) is 0. The maximum Gasteiger partial charge on any atom is 0.123 e. The van der Waals surface area contributed by atoms with Crippen molar-refractivity contribution in [3.63, 3.8) is 0 Å². The van der Waals surface area contributed by atoms with Gasteiger partial charge in [-0.2, -0.15) is 0 Å². The molecule has 4 heteroatoms. The SMILES string of the molecule is Fc1cccc(CCNCc2cccc(Cl)c2Cl)c1. The predicted octanol–water partition coefficient (Wildman–Crippen LogP) is 4.46. The van der Waals surface area contributed by atoms with Crippen molar-refractivity contribution in [2.24, 2.45) is 0 Å². The molecule has 0 amide bonds. The third kappa shape index (κ3) is 4.20. The fraction of sp³-hybridized carbons (Fsp3) is 0.200. The second kappa shape index (κ2) is 6.90. The Kier molecular flexibility index (Phi) is 5.20. The van der Waals surface area contributed by atoms with E-state index in [1.54, 1.807) is 18.2 Å². The Bertz CT molecular complexity index is 558. The van der Waals surface area contributed by atoms with Gasteiger partial charge in [-0.25, -0.2) is 4.39 Å². The first-order chi connectivity index (χ1) is 9.16. The van der Waals surface area contributed by atoms with E-state index in [0.29, 0.717) is 16.6 Å². The molecule has 0 atom stereocenters. The van der Waals surface area contributed by atoms with Crippen LogP contribution >= 0.6 is 23.2 Å². The fourth-order valence-electron chi connectivity index (χ4n) is 1.83. The standard InChI is InChI=1S/C15H14Cl2FN/c16-14-6-2-4-12(15(14)17)10-19-8-7-11-3-1-5-13(18)9-11/h1-6,9,19H,7-8,10H2. The third-order valence-corrected chi connectivity index (χ3v) is 3.68. The molecule has 0 saturated carbocycles. The highest BCUT2D eigenvalue weighted by molar-refractivity contribution is 6.42. The van der Waals surface area contributed by atoms with Gasteiger partial charge in [0, 0.05) is 6.54 Å². The van der Waals surface area contributed by atoms with E-state index in [9.17, 15) is 4.39 Å². The molecule has 2 aromatic rings. The van der Waals surface area contributed by atoms with Crippen LogP contribution in [0.1, 0.15) is 11.1 Å². The Labute approximate surface area is 122 Å². The van der Waals surface area contributed by atoms with Crippen LogP contribution in [0.15, 0.2) is 42.5 Å². The van der Waals surface area contributed by atoms with Gasteiger partial charge >= 0.3 is 0 Å². The van der Waals surface area contributed by atoms with Crippen molar-refractivity contribution in [3.05, 3.63) is 69.5 Å². The summed E-state index contributed by atoms with van der Waals surface area (Å²) in [5.74, 6) is -0.199. The zero-order valence-corrected chi connectivity index (χ0v) is 11.8. The van der Waals surface area contributed by atoms with E-state index in [4.69, 9.17) is 23.2 Å². The molecule has 0 aliphatic rings. The molecule has 2 aromatic carbocycles. The van der Waals surface area contributed by atoms with E-state index in [1.807, 2.05) is 18.2 Å². The molecule has 0 aliphatic carbocycles. The quantitative estimate of drug-likeness (QED) is 0.803. The lowest BCUT2D eigenvalue weighted by molar-refractivity contribution is 0.622. The topological polar surface area (TPSA) is 12.0 Å². The molecule has 0 aromatic heterocycles. The second-order valence-electron chi connectivity index (χ2n) is 4.27. The van der Waals surface area contributed by atoms with Crippen LogP contribution in [0.4, 0.5) is 4.39 Å². The highest BCUT2D eigenvalue weighted by Crippen LogP contribution is 2.25. The van der Waals surface area contributed by atoms with Gasteiger partial charge in [-0.15, -0.1) is 0 Å². The average Bonchev–Trinajstić information content (AvgIpc) is 2.39. The summed E-state index contributed by atoms with van der Waals surface area (Å²) in [5, 5.41) is 4.42. The summed E-state index contributed by atoms with van der Waals surface area (Å²) in [6.07, 6.45) is 0.774. The summed E-state index contributed by atoms with van der Waals surface area (Å²) in [6, 6.07) is 12.2. The highest BCUT2D eigenvalue weighted by Gasteiger charge is 2.03. The van der Waals surface area contributed by atoms with Crippen molar-refractivity contribution in [2.45, 2.75) is 13.0 Å². The smallest absolute Gasteiger partial charge is 0.123 e. The molecule has 0 aliphatic heterocycles. The molecular weight excluding hydrogens is 284 g/mol. The van der Waals surface area contributed by atoms with Gasteiger partial charge in [0.2, 0.25) is 0 Å². The lowest BCUT2D eigenvalue weighted by Crippen LogP contribution is -2.17. The molecule has 0 saturated heterocycles. The van der Waals surface area contributed by atoms with Crippen LogP contribution in [0, 0.1) is 5.82 Å². The summed E-state index contributed by atoms with van der Waals surface area (Å²) in [5.41, 5.74) is 1.94. The highest BCUT2D eigenvalue weighted by atomic mass is 35.5. The van der Waals surface area contributed by atoms with Crippen molar-refractivity contribution in [1.82, 2.24) is 5.32 Å². The average molecular weight is 298 g/mol. The number of benzene rings is 2. The summed E-state index contributed by atoms with van der Waals surface area (Å²) < 4.78 is 13.0. The van der Waals surface area contributed by atoms with Crippen molar-refractivity contribution < 1.29 is 4.39 Å². The van der Waals surface area contributed by atoms with Crippen molar-refractivity contribution in [3.8, 4) is 0 Å². The molecular formula is C15H14Cl2FN. The minimum atomic E-state index is -0.199. The molecule has 0 spiro atoms. The van der Waals surface area contributed by atoms with Gasteiger partial charge in [-0.1, -0.05) is 47.5 Å². The first-order valence-corrected chi connectivity index (χ1v) is 6.80. The Morgan fingerprint density at radius 1 is 1.05 bits per heavy atom. The molecule has 100 valence electrons. The monoisotopic (exact) mass is 297 g/mol. The lowest BCUT2D eigenvalue weighted by Gasteiger charge is -2.08. The van der Waals surface area contributed by atoms with E-state index in [-0.39, 0.29) is 5.82 Å². The molecule has 0 bridgehead atoms. The molecule has 1 N–H and O–H groups in total. The minimum absolute atomic E-state index is 0.199. The molecule has 0 fully saturated rings. The van der Waals surface area contributed by atoms with Crippen LogP contribution < -0.4 is 5.32 Å². The molecule has 1 nitrogen and oxygen atoms in total. The van der Waals surface area contributed by atoms with Gasteiger partial charge in [0.05, 0.1) is 10.0 Å². The number of nitrogens with one attached hydrogen (secondary N) is 1. The number of rotatable bonds is 5. The van der Waals surface area contributed by atoms with Crippen molar-refractivity contribution >= 4 is 23.2 Å². The largest absolute Gasteiger partial charge is 0.312 e. The molecule has 2 rings (SSSR count). The molecule has 0 radical (unpaired) electrons. The van der Waals surface area contributed by atoms with Crippen LogP contribution in [0.2, 0.25) is 10.0 Å². The molecule has 0 unspecified atom stereocenters. The second-order valence-corrected chi connectivity index (χ2v) is 5.05. The predicted molar refractivity (Wildman–Crippen MR) is 78.3 cm³/mol. The Morgan fingerprint density at radius 3 is 2.63 bits per heavy atom. The van der Waals surface area contributed by atoms with Crippen LogP contribution in [0.25, 0.3) is 0 Å². The zero-order valence-electron chi connectivity index (χ0n) is 10.3. The van der Waals surface area contributed by atoms with Crippen molar-refractivity contribution in [1.29, 1.82) is 0 Å². The molecule has 0 heterocycles. The number of hydrogen-bond acceptors (Lipinski definition) is 1. The van der Waals surface area contributed by atoms with Crippen LogP contribution in [-0.4, -0.2) is 6.54 Å². The van der Waals surface area contributed by atoms with Crippen LogP contribution in [0.5, 0.6) is 0 Å². The number of halogens is 3. The van der Waals surface area contributed by atoms with E-state index in [0.717, 1.165) is 24.1 Å². The number of hydrogen-bond donors (Lipinski definition) is 1. The van der Waals surface area contributed by atoms with Gasteiger partial charge in [-0.05, 0) is 42.3 Å². The van der Waals surface area contributed by atoms with E-state index < -0.39 is 0 Å². The Balaban J connectivity index is 1.82. The lowest BCUT2D eigenvalue weighted by atomic mass is 10.1. The third-order valence-electron chi connectivity index (χ3n) is 2.83. The van der Waals surface area contributed by atoms with E-state index in [1.165, 1.54) is 6.07 Å². The Morgan fingerprint density at radius 2 is 1.84 bits per heavy atom. The van der Waals surface area contributed by atoms with Gasteiger partial charge < -0.3 is 5.32 Å². The molecule has 19 heavy (non-hydrogen) atoms. The van der Waals surface area contributed by atoms with E-state index >= 15 is 0 Å². The van der Waals surface area contributed by atoms with Gasteiger partial charge in [0.25, 0.3) is 0 Å². The minimum Gasteiger partial charge on any atom is -0.312 e. The first-order valence-electron chi connectivity index (χ1n) is 6.05. The van der Waals surface area contributed by atoms with Crippen LogP contribution in [0.3, 0.4) is 0 Å². The van der Waals surface area contributed by atoms with E-state index in [2.05, 4.69) is 5.32 Å². The van der Waals surface area contributed by atoms with Crippen LogP contribution in [-0.2, 0) is 13.0 Å². The maximum absolute atomic E-state index is 13.0. The maximum atomic E-state index is 13.0. The van der Waals surface area contributed by atoms with Gasteiger partial charge in [0.15, 0.2) is 0 Å². The van der Waals surface area contributed by atoms with Crippen molar-refractivity contribution in [2.75, 3.05) is 6.54 Å². The van der Waals surface area contributed by atoms with Gasteiger partial charge in [0.1, 0.15) is 5.82 Å². The normalized spacial score (nSPS) is 10.7.